The minimum atomic E-state index is -3.95. The van der Waals surface area contributed by atoms with Gasteiger partial charge >= 0.3 is 0 Å². The Hall–Kier alpha value is -2.60. The molecule has 3 atom stereocenters. The standard InChI is InChI=1S/C17H19N5O5S/c1-10-3-2-4-11(5-10)28(24,25)26-7-13-12(23)6-14(27-13)22-9-21-15-16(18)19-8-20-17(15)22/h2-5,8-9,12-14,23H,6-7H2,1H3,(H2,18,19,20)/t12-,13+,14+/m0/s1. The summed E-state index contributed by atoms with van der Waals surface area (Å²) >= 11 is 0. The van der Waals surface area contributed by atoms with E-state index in [0.717, 1.165) is 5.56 Å². The second kappa shape index (κ2) is 7.09. The summed E-state index contributed by atoms with van der Waals surface area (Å²) in [4.78, 5) is 12.3. The highest BCUT2D eigenvalue weighted by Crippen LogP contribution is 2.32. The number of aromatic nitrogens is 4. The highest BCUT2D eigenvalue weighted by atomic mass is 32.2. The van der Waals surface area contributed by atoms with Gasteiger partial charge in [-0.3, -0.25) is 8.75 Å². The van der Waals surface area contributed by atoms with Crippen molar-refractivity contribution in [1.82, 2.24) is 19.5 Å². The summed E-state index contributed by atoms with van der Waals surface area (Å²) in [7, 11) is -3.95. The molecule has 1 aliphatic rings. The van der Waals surface area contributed by atoms with Crippen LogP contribution in [0.25, 0.3) is 11.2 Å². The number of aliphatic hydroxyl groups is 1. The predicted molar refractivity (Wildman–Crippen MR) is 98.6 cm³/mol. The molecular formula is C17H19N5O5S. The molecule has 1 aromatic carbocycles. The van der Waals surface area contributed by atoms with Crippen molar-refractivity contribution in [1.29, 1.82) is 0 Å². The first-order valence-corrected chi connectivity index (χ1v) is 9.98. The van der Waals surface area contributed by atoms with Gasteiger partial charge in [-0.05, 0) is 24.6 Å². The van der Waals surface area contributed by atoms with E-state index >= 15 is 0 Å². The van der Waals surface area contributed by atoms with Crippen LogP contribution in [0, 0.1) is 6.92 Å². The van der Waals surface area contributed by atoms with Crippen molar-refractivity contribution < 1.29 is 22.4 Å². The summed E-state index contributed by atoms with van der Waals surface area (Å²) in [6, 6.07) is 6.41. The number of nitrogens with two attached hydrogens (primary N) is 1. The molecule has 10 nitrogen and oxygen atoms in total. The smallest absolute Gasteiger partial charge is 0.297 e. The minimum Gasteiger partial charge on any atom is -0.390 e. The molecule has 3 N–H and O–H groups in total. The van der Waals surface area contributed by atoms with Crippen molar-refractivity contribution in [3.05, 3.63) is 42.5 Å². The van der Waals surface area contributed by atoms with Crippen LogP contribution in [0.3, 0.4) is 0 Å². The fraction of sp³-hybridized carbons (Fsp3) is 0.353. The van der Waals surface area contributed by atoms with Gasteiger partial charge in [0.25, 0.3) is 10.1 Å². The third-order valence-electron chi connectivity index (χ3n) is 4.57. The molecule has 3 aromatic rings. The Kier molecular flexibility index (Phi) is 4.75. The fourth-order valence-electron chi connectivity index (χ4n) is 3.11. The summed E-state index contributed by atoms with van der Waals surface area (Å²) in [5, 5.41) is 10.3. The number of hydrogen-bond donors (Lipinski definition) is 2. The highest BCUT2D eigenvalue weighted by Gasteiger charge is 2.37. The third kappa shape index (κ3) is 3.44. The number of aliphatic hydroxyl groups excluding tert-OH is 1. The van der Waals surface area contributed by atoms with Gasteiger partial charge in [0.1, 0.15) is 24.2 Å². The summed E-state index contributed by atoms with van der Waals surface area (Å²) in [6.07, 6.45) is 0.740. The second-order valence-electron chi connectivity index (χ2n) is 6.57. The molecular weight excluding hydrogens is 386 g/mol. The summed E-state index contributed by atoms with van der Waals surface area (Å²) in [6.45, 7) is 1.48. The van der Waals surface area contributed by atoms with E-state index in [9.17, 15) is 13.5 Å². The van der Waals surface area contributed by atoms with Crippen molar-refractivity contribution in [2.24, 2.45) is 0 Å². The highest BCUT2D eigenvalue weighted by molar-refractivity contribution is 7.86. The number of nitrogen functional groups attached to an aromatic ring is 1. The molecule has 0 amide bonds. The largest absolute Gasteiger partial charge is 0.390 e. The van der Waals surface area contributed by atoms with Crippen LogP contribution >= 0.6 is 0 Å². The van der Waals surface area contributed by atoms with Crippen LogP contribution in [0.15, 0.2) is 41.8 Å². The molecule has 0 aliphatic carbocycles. The first-order valence-electron chi connectivity index (χ1n) is 8.58. The maximum atomic E-state index is 12.4. The molecule has 3 heterocycles. The number of rotatable bonds is 5. The van der Waals surface area contributed by atoms with E-state index in [1.807, 2.05) is 0 Å². The monoisotopic (exact) mass is 405 g/mol. The molecule has 1 fully saturated rings. The van der Waals surface area contributed by atoms with Crippen molar-refractivity contribution >= 4 is 27.1 Å². The van der Waals surface area contributed by atoms with E-state index in [1.54, 1.807) is 23.6 Å². The van der Waals surface area contributed by atoms with Crippen molar-refractivity contribution in [3.63, 3.8) is 0 Å². The van der Waals surface area contributed by atoms with Crippen molar-refractivity contribution in [2.45, 2.75) is 36.7 Å². The topological polar surface area (TPSA) is 142 Å². The van der Waals surface area contributed by atoms with Crippen molar-refractivity contribution in [2.75, 3.05) is 12.3 Å². The van der Waals surface area contributed by atoms with Gasteiger partial charge in [-0.15, -0.1) is 0 Å². The predicted octanol–water partition coefficient (Wildman–Crippen LogP) is 0.771. The van der Waals surface area contributed by atoms with E-state index < -0.39 is 28.6 Å². The van der Waals surface area contributed by atoms with E-state index in [0.29, 0.717) is 11.2 Å². The number of imidazole rings is 1. The molecule has 0 unspecified atom stereocenters. The van der Waals surface area contributed by atoms with E-state index in [2.05, 4.69) is 15.0 Å². The molecule has 2 aromatic heterocycles. The van der Waals surface area contributed by atoms with Crippen LogP contribution in [-0.4, -0.2) is 51.9 Å². The molecule has 0 saturated carbocycles. The zero-order valence-corrected chi connectivity index (χ0v) is 15.8. The number of aryl methyl sites for hydroxylation is 1. The second-order valence-corrected chi connectivity index (χ2v) is 8.19. The number of benzene rings is 1. The lowest BCUT2D eigenvalue weighted by molar-refractivity contribution is -0.0371. The summed E-state index contributed by atoms with van der Waals surface area (Å²) in [5.41, 5.74) is 7.49. The Morgan fingerprint density at radius 3 is 2.96 bits per heavy atom. The molecule has 1 aliphatic heterocycles. The lowest BCUT2D eigenvalue weighted by Crippen LogP contribution is -2.28. The number of ether oxygens (including phenoxy) is 1. The Bertz CT molecular complexity index is 1120. The van der Waals surface area contributed by atoms with Gasteiger partial charge in [0, 0.05) is 6.42 Å². The normalized spacial score (nSPS) is 22.7. The zero-order chi connectivity index (χ0) is 19.9. The molecule has 148 valence electrons. The number of nitrogens with zero attached hydrogens (tertiary/aromatic N) is 4. The minimum absolute atomic E-state index is 0.0596. The maximum absolute atomic E-state index is 12.4. The van der Waals surface area contributed by atoms with Crippen LogP contribution in [0.1, 0.15) is 18.2 Å². The van der Waals surface area contributed by atoms with Gasteiger partial charge in [0.05, 0.1) is 23.9 Å². The molecule has 11 heteroatoms. The lowest BCUT2D eigenvalue weighted by Gasteiger charge is -2.16. The SMILES string of the molecule is Cc1cccc(S(=O)(=O)OC[C@H]2O[C@@H](n3cnc4c(N)ncnc43)C[C@@H]2O)c1. The Morgan fingerprint density at radius 1 is 1.36 bits per heavy atom. The van der Waals surface area contributed by atoms with Crippen LogP contribution in [0.2, 0.25) is 0 Å². The summed E-state index contributed by atoms with van der Waals surface area (Å²) < 4.78 is 37.3. The van der Waals surface area contributed by atoms with Crippen LogP contribution in [0.4, 0.5) is 5.82 Å². The first kappa shape index (κ1) is 18.7. The Balaban J connectivity index is 1.48. The number of anilines is 1. The average molecular weight is 405 g/mol. The Labute approximate surface area is 161 Å². The van der Waals surface area contributed by atoms with Crippen LogP contribution < -0.4 is 5.73 Å². The van der Waals surface area contributed by atoms with Gasteiger partial charge in [-0.25, -0.2) is 15.0 Å². The van der Waals surface area contributed by atoms with Gasteiger partial charge in [-0.1, -0.05) is 12.1 Å². The van der Waals surface area contributed by atoms with E-state index in [1.165, 1.54) is 24.8 Å². The van der Waals surface area contributed by atoms with Gasteiger partial charge < -0.3 is 15.6 Å². The molecule has 1 saturated heterocycles. The average Bonchev–Trinajstić information content (AvgIpc) is 3.24. The molecule has 0 radical (unpaired) electrons. The number of fused-ring (bicyclic) bond motifs is 1. The van der Waals surface area contributed by atoms with Gasteiger partial charge in [-0.2, -0.15) is 8.42 Å². The fourth-order valence-corrected chi connectivity index (χ4v) is 4.14. The van der Waals surface area contributed by atoms with Crippen LogP contribution in [0.5, 0.6) is 0 Å². The Morgan fingerprint density at radius 2 is 2.18 bits per heavy atom. The first-order chi connectivity index (χ1) is 13.3. The molecule has 0 bridgehead atoms. The lowest BCUT2D eigenvalue weighted by atomic mass is 10.2. The maximum Gasteiger partial charge on any atom is 0.297 e. The van der Waals surface area contributed by atoms with Crippen molar-refractivity contribution in [3.8, 4) is 0 Å². The molecule has 0 spiro atoms. The quantitative estimate of drug-likeness (QED) is 0.588. The third-order valence-corrected chi connectivity index (χ3v) is 5.84. The number of hydrogen-bond acceptors (Lipinski definition) is 9. The van der Waals surface area contributed by atoms with E-state index in [-0.39, 0.29) is 23.7 Å². The van der Waals surface area contributed by atoms with Gasteiger partial charge in [0.2, 0.25) is 0 Å². The van der Waals surface area contributed by atoms with Gasteiger partial charge in [0.15, 0.2) is 11.5 Å². The molecule has 28 heavy (non-hydrogen) atoms. The van der Waals surface area contributed by atoms with E-state index in [4.69, 9.17) is 14.7 Å². The van der Waals surface area contributed by atoms with Crippen LogP contribution in [-0.2, 0) is 19.0 Å². The zero-order valence-electron chi connectivity index (χ0n) is 15.0. The summed E-state index contributed by atoms with van der Waals surface area (Å²) in [5.74, 6) is 0.242. The molecule has 4 rings (SSSR count).